The first kappa shape index (κ1) is 22.1. The second kappa shape index (κ2) is 8.65. The van der Waals surface area contributed by atoms with Gasteiger partial charge < -0.3 is 15.3 Å². The standard InChI is InChI=1S/C22H17F3N2O3S/c1-11-6-7-13(19(25)18(11)24)20-17(22(29)30)15(10-31-20)26-21(28)12(2)9-16-14(23)5-4-8-27(16)3/h4-10H,2H2,1,3H3,(H,26,28)(H,29,30)/b16-9-. The first-order valence-corrected chi connectivity index (χ1v) is 9.78. The Morgan fingerprint density at radius 2 is 1.94 bits per heavy atom. The van der Waals surface area contributed by atoms with Crippen LogP contribution in [-0.2, 0) is 4.79 Å². The maximum absolute atomic E-state index is 14.4. The molecule has 5 nitrogen and oxygen atoms in total. The summed E-state index contributed by atoms with van der Waals surface area (Å²) in [7, 11) is 1.59. The Labute approximate surface area is 180 Å². The maximum atomic E-state index is 14.4. The van der Waals surface area contributed by atoms with Crippen LogP contribution in [0.4, 0.5) is 18.9 Å². The highest BCUT2D eigenvalue weighted by Crippen LogP contribution is 2.38. The summed E-state index contributed by atoms with van der Waals surface area (Å²) < 4.78 is 42.4. The van der Waals surface area contributed by atoms with E-state index in [1.54, 1.807) is 13.2 Å². The van der Waals surface area contributed by atoms with Crippen LogP contribution >= 0.6 is 11.3 Å². The van der Waals surface area contributed by atoms with Gasteiger partial charge in [-0.15, -0.1) is 11.3 Å². The van der Waals surface area contributed by atoms with Gasteiger partial charge in [0.2, 0.25) is 0 Å². The van der Waals surface area contributed by atoms with Gasteiger partial charge in [0.1, 0.15) is 11.4 Å². The number of allylic oxidation sites excluding steroid dienone is 3. The molecule has 0 spiro atoms. The number of carboxylic acids is 1. The molecular formula is C22H17F3N2O3S. The summed E-state index contributed by atoms with van der Waals surface area (Å²) in [5.41, 5.74) is -0.664. The molecule has 1 amide bonds. The van der Waals surface area contributed by atoms with Crippen molar-refractivity contribution in [2.75, 3.05) is 12.4 Å². The van der Waals surface area contributed by atoms with E-state index in [1.165, 1.54) is 47.6 Å². The maximum Gasteiger partial charge on any atom is 0.339 e. The van der Waals surface area contributed by atoms with Gasteiger partial charge in [-0.1, -0.05) is 18.7 Å². The van der Waals surface area contributed by atoms with Gasteiger partial charge in [-0.2, -0.15) is 0 Å². The normalized spacial score (nSPS) is 14.5. The number of hydrogen-bond donors (Lipinski definition) is 2. The van der Waals surface area contributed by atoms with Crippen LogP contribution in [0, 0.1) is 18.6 Å². The third-order valence-corrected chi connectivity index (χ3v) is 5.57. The molecule has 0 saturated carbocycles. The number of aryl methyl sites for hydroxylation is 1. The van der Waals surface area contributed by atoms with E-state index >= 15 is 0 Å². The number of halogens is 3. The van der Waals surface area contributed by atoms with E-state index in [2.05, 4.69) is 11.9 Å². The van der Waals surface area contributed by atoms with Gasteiger partial charge in [0.25, 0.3) is 5.91 Å². The van der Waals surface area contributed by atoms with Gasteiger partial charge in [0.05, 0.1) is 16.3 Å². The summed E-state index contributed by atoms with van der Waals surface area (Å²) >= 11 is 0.843. The van der Waals surface area contributed by atoms with E-state index < -0.39 is 29.3 Å². The minimum absolute atomic E-state index is 0.0469. The van der Waals surface area contributed by atoms with Crippen LogP contribution in [0.15, 0.2) is 65.6 Å². The molecule has 0 atom stereocenters. The minimum Gasteiger partial charge on any atom is -0.478 e. The smallest absolute Gasteiger partial charge is 0.339 e. The lowest BCUT2D eigenvalue weighted by Gasteiger charge is -2.20. The lowest BCUT2D eigenvalue weighted by atomic mass is 10.1. The second-order valence-corrected chi connectivity index (χ2v) is 7.57. The molecule has 0 radical (unpaired) electrons. The number of carbonyl (C=O) groups is 2. The van der Waals surface area contributed by atoms with Crippen LogP contribution in [0.2, 0.25) is 0 Å². The van der Waals surface area contributed by atoms with Gasteiger partial charge in [-0.3, -0.25) is 4.79 Å². The Morgan fingerprint density at radius 1 is 1.23 bits per heavy atom. The lowest BCUT2D eigenvalue weighted by Crippen LogP contribution is -2.18. The third-order valence-electron chi connectivity index (χ3n) is 4.55. The number of amides is 1. The number of hydrogen-bond acceptors (Lipinski definition) is 4. The molecule has 2 aromatic rings. The Kier molecular flexibility index (Phi) is 6.16. The first-order valence-electron chi connectivity index (χ1n) is 8.90. The van der Waals surface area contributed by atoms with Crippen molar-refractivity contribution in [3.8, 4) is 10.4 Å². The predicted molar refractivity (Wildman–Crippen MR) is 113 cm³/mol. The quantitative estimate of drug-likeness (QED) is 0.604. The highest BCUT2D eigenvalue weighted by Gasteiger charge is 2.25. The number of likely N-dealkylation sites (N-methyl/N-ethyl adjacent to an activating group) is 1. The topological polar surface area (TPSA) is 69.6 Å². The molecule has 2 N–H and O–H groups in total. The molecule has 1 aromatic carbocycles. The van der Waals surface area contributed by atoms with Crippen LogP contribution in [0.5, 0.6) is 0 Å². The van der Waals surface area contributed by atoms with Crippen molar-refractivity contribution < 1.29 is 27.9 Å². The molecule has 0 saturated heterocycles. The number of nitrogens with zero attached hydrogens (tertiary/aromatic N) is 1. The number of benzene rings is 1. The van der Waals surface area contributed by atoms with Crippen molar-refractivity contribution in [1.82, 2.24) is 4.90 Å². The van der Waals surface area contributed by atoms with Crippen molar-refractivity contribution in [1.29, 1.82) is 0 Å². The van der Waals surface area contributed by atoms with Crippen LogP contribution in [0.1, 0.15) is 15.9 Å². The van der Waals surface area contributed by atoms with Gasteiger partial charge >= 0.3 is 5.97 Å². The van der Waals surface area contributed by atoms with Gasteiger partial charge in [0, 0.05) is 29.8 Å². The molecule has 0 aliphatic carbocycles. The Hall–Kier alpha value is -3.59. The summed E-state index contributed by atoms with van der Waals surface area (Å²) in [5, 5.41) is 13.3. The molecule has 31 heavy (non-hydrogen) atoms. The van der Waals surface area contributed by atoms with Crippen LogP contribution in [0.3, 0.4) is 0 Å². The number of carboxylic acid groups (broad SMARTS) is 1. The fourth-order valence-electron chi connectivity index (χ4n) is 2.88. The fraction of sp³-hybridized carbons (Fsp3) is 0.0909. The first-order chi connectivity index (χ1) is 14.6. The lowest BCUT2D eigenvalue weighted by molar-refractivity contribution is -0.112. The number of rotatable bonds is 5. The van der Waals surface area contributed by atoms with Crippen molar-refractivity contribution in [3.63, 3.8) is 0 Å². The molecular weight excluding hydrogens is 429 g/mol. The van der Waals surface area contributed by atoms with E-state index in [-0.39, 0.29) is 38.5 Å². The minimum atomic E-state index is -1.43. The van der Waals surface area contributed by atoms with Crippen molar-refractivity contribution in [2.45, 2.75) is 6.92 Å². The summed E-state index contributed by atoms with van der Waals surface area (Å²) in [6.45, 7) is 4.99. The zero-order valence-corrected chi connectivity index (χ0v) is 17.3. The zero-order chi connectivity index (χ0) is 22.9. The molecule has 1 aliphatic heterocycles. The summed E-state index contributed by atoms with van der Waals surface area (Å²) in [4.78, 5) is 25.8. The van der Waals surface area contributed by atoms with E-state index in [0.717, 1.165) is 11.3 Å². The van der Waals surface area contributed by atoms with E-state index in [9.17, 15) is 27.9 Å². The highest BCUT2D eigenvalue weighted by atomic mass is 32.1. The zero-order valence-electron chi connectivity index (χ0n) is 16.5. The average Bonchev–Trinajstić information content (AvgIpc) is 3.12. The molecule has 0 unspecified atom stereocenters. The number of anilines is 1. The molecule has 0 bridgehead atoms. The van der Waals surface area contributed by atoms with Crippen LogP contribution in [-0.4, -0.2) is 28.9 Å². The number of aromatic carboxylic acids is 1. The number of carbonyl (C=O) groups excluding carboxylic acids is 1. The highest BCUT2D eigenvalue weighted by molar-refractivity contribution is 7.14. The molecule has 2 heterocycles. The van der Waals surface area contributed by atoms with E-state index in [4.69, 9.17) is 0 Å². The van der Waals surface area contributed by atoms with E-state index in [0.29, 0.717) is 0 Å². The number of thiophene rings is 1. The van der Waals surface area contributed by atoms with E-state index in [1.807, 2.05) is 0 Å². The Morgan fingerprint density at radius 3 is 2.58 bits per heavy atom. The van der Waals surface area contributed by atoms with Gasteiger partial charge in [-0.25, -0.2) is 18.0 Å². The Bertz CT molecular complexity index is 1190. The second-order valence-electron chi connectivity index (χ2n) is 6.69. The third kappa shape index (κ3) is 4.31. The largest absolute Gasteiger partial charge is 0.478 e. The van der Waals surface area contributed by atoms with Crippen molar-refractivity contribution in [2.24, 2.45) is 0 Å². The SMILES string of the molecule is C=C(/C=C1/C(F)=CC=CN1C)C(=O)Nc1csc(-c2ccc(C)c(F)c2F)c1C(=O)O. The molecule has 0 fully saturated rings. The van der Waals surface area contributed by atoms with Gasteiger partial charge in [0.15, 0.2) is 11.6 Å². The van der Waals surface area contributed by atoms with Crippen molar-refractivity contribution in [3.05, 3.63) is 88.4 Å². The monoisotopic (exact) mass is 446 g/mol. The molecule has 9 heteroatoms. The molecule has 160 valence electrons. The Balaban J connectivity index is 1.93. The van der Waals surface area contributed by atoms with Crippen LogP contribution < -0.4 is 5.32 Å². The fourth-order valence-corrected chi connectivity index (χ4v) is 3.89. The molecule has 3 rings (SSSR count). The van der Waals surface area contributed by atoms with Crippen LogP contribution in [0.25, 0.3) is 10.4 Å². The van der Waals surface area contributed by atoms with Gasteiger partial charge in [-0.05, 0) is 30.7 Å². The number of nitrogens with one attached hydrogen (secondary N) is 1. The summed E-state index contributed by atoms with van der Waals surface area (Å²) in [5.74, 6) is -5.02. The van der Waals surface area contributed by atoms with Crippen molar-refractivity contribution >= 4 is 28.9 Å². The summed E-state index contributed by atoms with van der Waals surface area (Å²) in [6.07, 6.45) is 5.52. The molecule has 1 aliphatic rings. The average molecular weight is 446 g/mol. The summed E-state index contributed by atoms with van der Waals surface area (Å²) in [6, 6.07) is 2.62. The molecule has 1 aromatic heterocycles. The predicted octanol–water partition coefficient (Wildman–Crippen LogP) is 5.39.